The molecular formula is C32H38N2O5Si. The number of anilines is 2. The van der Waals surface area contributed by atoms with Crippen molar-refractivity contribution in [1.29, 1.82) is 0 Å². The Morgan fingerprint density at radius 1 is 1.10 bits per heavy atom. The number of fused-ring (bicyclic) bond motifs is 2. The summed E-state index contributed by atoms with van der Waals surface area (Å²) in [6, 6.07) is 23.8. The fourth-order valence-electron chi connectivity index (χ4n) is 6.91. The summed E-state index contributed by atoms with van der Waals surface area (Å²) in [6.45, 7) is 8.62. The molecule has 2 aliphatic rings. The number of hydrogen-bond donors (Lipinski definition) is 2. The average Bonchev–Trinajstić information content (AvgIpc) is 3.36. The second kappa shape index (κ2) is 10.8. The SMILES string of the molecule is COc1ccc([Si](C)(C)[C@@H]2[C@@H](CCO)O[C@]3(C(=O)N(Cc4ccccc4)c4ccc(NC(C)=O)cc43)[C@H]2C)cc1. The Hall–Kier alpha value is -3.46. The lowest BCUT2D eigenvalue weighted by Gasteiger charge is -2.37. The fourth-order valence-corrected chi connectivity index (χ4v) is 11.0. The van der Waals surface area contributed by atoms with Crippen molar-refractivity contribution in [2.75, 3.05) is 23.9 Å². The van der Waals surface area contributed by atoms with Gasteiger partial charge in [-0.3, -0.25) is 9.59 Å². The van der Waals surface area contributed by atoms with Gasteiger partial charge in [0, 0.05) is 30.7 Å². The van der Waals surface area contributed by atoms with Gasteiger partial charge in [-0.25, -0.2) is 0 Å². The zero-order valence-electron chi connectivity index (χ0n) is 23.8. The summed E-state index contributed by atoms with van der Waals surface area (Å²) in [7, 11) is -0.600. The normalized spacial score (nSPS) is 23.9. The number of carbonyl (C=O) groups excluding carboxylic acids is 2. The molecule has 210 valence electrons. The molecule has 5 rings (SSSR count). The molecule has 7 nitrogen and oxygen atoms in total. The van der Waals surface area contributed by atoms with E-state index in [1.165, 1.54) is 12.1 Å². The lowest BCUT2D eigenvalue weighted by molar-refractivity contribution is -0.146. The van der Waals surface area contributed by atoms with Gasteiger partial charge in [0.15, 0.2) is 5.60 Å². The van der Waals surface area contributed by atoms with Crippen LogP contribution in [-0.2, 0) is 26.5 Å². The Balaban J connectivity index is 1.63. The highest BCUT2D eigenvalue weighted by Crippen LogP contribution is 2.60. The van der Waals surface area contributed by atoms with Crippen LogP contribution < -0.4 is 20.1 Å². The van der Waals surface area contributed by atoms with Gasteiger partial charge in [-0.05, 0) is 47.9 Å². The Kier molecular flexibility index (Phi) is 7.61. The molecule has 0 bridgehead atoms. The highest BCUT2D eigenvalue weighted by atomic mass is 28.3. The molecule has 4 atom stereocenters. The van der Waals surface area contributed by atoms with Crippen LogP contribution in [0.3, 0.4) is 0 Å². The minimum Gasteiger partial charge on any atom is -0.497 e. The molecule has 0 aliphatic carbocycles. The Morgan fingerprint density at radius 3 is 2.42 bits per heavy atom. The van der Waals surface area contributed by atoms with Crippen LogP contribution in [0.5, 0.6) is 5.75 Å². The summed E-state index contributed by atoms with van der Waals surface area (Å²) in [6.07, 6.45) is 0.136. The van der Waals surface area contributed by atoms with E-state index in [0.717, 1.165) is 22.6 Å². The van der Waals surface area contributed by atoms with Crippen LogP contribution in [0.4, 0.5) is 11.4 Å². The van der Waals surface area contributed by atoms with Gasteiger partial charge in [0.25, 0.3) is 5.91 Å². The largest absolute Gasteiger partial charge is 0.497 e. The predicted molar refractivity (Wildman–Crippen MR) is 160 cm³/mol. The minimum absolute atomic E-state index is 0.0300. The Bertz CT molecular complexity index is 1390. The van der Waals surface area contributed by atoms with Gasteiger partial charge in [0.05, 0.1) is 33.5 Å². The third kappa shape index (κ3) is 4.64. The summed E-state index contributed by atoms with van der Waals surface area (Å²) in [5.74, 6) is 0.356. The van der Waals surface area contributed by atoms with E-state index < -0.39 is 13.7 Å². The lowest BCUT2D eigenvalue weighted by Crippen LogP contribution is -2.51. The molecule has 3 aromatic carbocycles. The summed E-state index contributed by atoms with van der Waals surface area (Å²) >= 11 is 0. The number of methoxy groups -OCH3 is 1. The molecule has 2 aliphatic heterocycles. The highest BCUT2D eigenvalue weighted by molar-refractivity contribution is 6.91. The van der Waals surface area contributed by atoms with E-state index in [2.05, 4.69) is 37.5 Å². The Labute approximate surface area is 237 Å². The van der Waals surface area contributed by atoms with Crippen LogP contribution in [0.1, 0.15) is 31.4 Å². The first kappa shape index (κ1) is 28.1. The summed E-state index contributed by atoms with van der Waals surface area (Å²) in [5.41, 5.74) is 2.04. The van der Waals surface area contributed by atoms with E-state index in [0.29, 0.717) is 18.7 Å². The maximum atomic E-state index is 14.6. The van der Waals surface area contributed by atoms with Gasteiger partial charge >= 0.3 is 0 Å². The van der Waals surface area contributed by atoms with Crippen molar-refractivity contribution in [1.82, 2.24) is 0 Å². The molecule has 0 radical (unpaired) electrons. The molecule has 2 N–H and O–H groups in total. The van der Waals surface area contributed by atoms with Gasteiger partial charge < -0.3 is 24.8 Å². The average molecular weight is 559 g/mol. The standard InChI is InChI=1S/C32H38N2O5Si/c1-21-30(40(4,5)26-14-12-25(38-3)13-15-26)29(17-18-35)39-32(21)27-19-24(33-22(2)36)11-16-28(27)34(31(32)37)20-23-9-7-6-8-10-23/h6-16,19,21,29-30,35H,17-18,20H2,1-5H3,(H,33,36)/t21-,29+,30-,32+/m0/s1. The second-order valence-corrected chi connectivity index (χ2v) is 16.1. The first-order valence-electron chi connectivity index (χ1n) is 13.8. The summed E-state index contributed by atoms with van der Waals surface area (Å²) in [4.78, 5) is 28.4. The molecule has 8 heteroatoms. The molecule has 0 unspecified atom stereocenters. The van der Waals surface area contributed by atoms with E-state index in [-0.39, 0.29) is 36.0 Å². The molecule has 3 aromatic rings. The molecule has 1 fully saturated rings. The van der Waals surface area contributed by atoms with Crippen molar-refractivity contribution in [2.24, 2.45) is 5.92 Å². The number of nitrogens with one attached hydrogen (secondary N) is 1. The van der Waals surface area contributed by atoms with E-state index in [1.807, 2.05) is 65.6 Å². The molecule has 0 aromatic heterocycles. The number of amides is 2. The fraction of sp³-hybridized carbons (Fsp3) is 0.375. The van der Waals surface area contributed by atoms with Crippen molar-refractivity contribution in [3.8, 4) is 5.75 Å². The van der Waals surface area contributed by atoms with Crippen LogP contribution in [0.2, 0.25) is 18.6 Å². The zero-order chi connectivity index (χ0) is 28.7. The molecule has 1 spiro atoms. The van der Waals surface area contributed by atoms with E-state index in [9.17, 15) is 14.7 Å². The second-order valence-electron chi connectivity index (χ2n) is 11.5. The third-order valence-corrected chi connectivity index (χ3v) is 13.1. The van der Waals surface area contributed by atoms with Crippen molar-refractivity contribution in [3.05, 3.63) is 83.9 Å². The summed E-state index contributed by atoms with van der Waals surface area (Å²) < 4.78 is 12.3. The quantitative estimate of drug-likeness (QED) is 0.388. The maximum absolute atomic E-state index is 14.6. The molecule has 1 saturated heterocycles. The van der Waals surface area contributed by atoms with Gasteiger partial charge in [0.1, 0.15) is 5.75 Å². The van der Waals surface area contributed by atoms with E-state index in [4.69, 9.17) is 9.47 Å². The lowest BCUT2D eigenvalue weighted by atomic mass is 9.82. The molecular weight excluding hydrogens is 520 g/mol. The van der Waals surface area contributed by atoms with Gasteiger partial charge in [-0.2, -0.15) is 0 Å². The van der Waals surface area contributed by atoms with Gasteiger partial charge in [0.2, 0.25) is 5.91 Å². The van der Waals surface area contributed by atoms with E-state index in [1.54, 1.807) is 7.11 Å². The van der Waals surface area contributed by atoms with Crippen LogP contribution in [0.15, 0.2) is 72.8 Å². The van der Waals surface area contributed by atoms with E-state index >= 15 is 0 Å². The zero-order valence-corrected chi connectivity index (χ0v) is 24.8. The number of aliphatic hydroxyl groups excluding tert-OH is 1. The van der Waals surface area contributed by atoms with Crippen LogP contribution in [-0.4, -0.2) is 44.8 Å². The Morgan fingerprint density at radius 2 is 1.80 bits per heavy atom. The number of benzene rings is 3. The predicted octanol–water partition coefficient (Wildman–Crippen LogP) is 4.80. The van der Waals surface area contributed by atoms with Crippen molar-refractivity contribution >= 4 is 36.4 Å². The third-order valence-electron chi connectivity index (χ3n) is 8.75. The van der Waals surface area contributed by atoms with Crippen molar-refractivity contribution < 1.29 is 24.2 Å². The first-order chi connectivity index (χ1) is 19.1. The number of rotatable bonds is 8. The maximum Gasteiger partial charge on any atom is 0.264 e. The smallest absolute Gasteiger partial charge is 0.264 e. The molecule has 40 heavy (non-hydrogen) atoms. The number of ether oxygens (including phenoxy) is 2. The summed E-state index contributed by atoms with van der Waals surface area (Å²) in [5, 5.41) is 14.2. The van der Waals surface area contributed by atoms with Gasteiger partial charge in [-0.1, -0.05) is 67.7 Å². The topological polar surface area (TPSA) is 88.1 Å². The monoisotopic (exact) mass is 558 g/mol. The van der Waals surface area contributed by atoms with Gasteiger partial charge in [-0.15, -0.1) is 0 Å². The molecule has 0 saturated carbocycles. The van der Waals surface area contributed by atoms with Crippen molar-refractivity contribution in [2.45, 2.75) is 57.2 Å². The molecule has 2 amide bonds. The highest BCUT2D eigenvalue weighted by Gasteiger charge is 2.66. The first-order valence-corrected chi connectivity index (χ1v) is 16.9. The molecule has 2 heterocycles. The number of aliphatic hydroxyl groups is 1. The van der Waals surface area contributed by atoms with Crippen molar-refractivity contribution in [3.63, 3.8) is 0 Å². The van der Waals surface area contributed by atoms with Crippen LogP contribution >= 0.6 is 0 Å². The number of carbonyl (C=O) groups is 2. The minimum atomic E-state index is -2.26. The number of nitrogens with zero attached hydrogens (tertiary/aromatic N) is 1. The number of hydrogen-bond acceptors (Lipinski definition) is 5. The van der Waals surface area contributed by atoms with Crippen LogP contribution in [0, 0.1) is 5.92 Å². The van der Waals surface area contributed by atoms with Crippen LogP contribution in [0.25, 0.3) is 0 Å².